The van der Waals surface area contributed by atoms with Crippen LogP contribution in [0.3, 0.4) is 0 Å². The van der Waals surface area contributed by atoms with E-state index in [1.807, 2.05) is 18.0 Å². The Hall–Kier alpha value is -0.540. The number of nitrogens with zero attached hydrogens (tertiary/aromatic N) is 1. The summed E-state index contributed by atoms with van der Waals surface area (Å²) in [5.41, 5.74) is 1.39. The first-order chi connectivity index (χ1) is 7.77. The second-order valence-electron chi connectivity index (χ2n) is 4.57. The van der Waals surface area contributed by atoms with Crippen molar-refractivity contribution in [2.24, 2.45) is 0 Å². The van der Waals surface area contributed by atoms with Crippen LogP contribution in [0.2, 0.25) is 0 Å². The Kier molecular flexibility index (Phi) is 4.24. The highest BCUT2D eigenvalue weighted by molar-refractivity contribution is 7.99. The molecule has 1 saturated heterocycles. The quantitative estimate of drug-likeness (QED) is 0.814. The van der Waals surface area contributed by atoms with Gasteiger partial charge in [0, 0.05) is 23.1 Å². The van der Waals surface area contributed by atoms with Gasteiger partial charge in [-0.05, 0) is 25.5 Å². The Balaban J connectivity index is 2.17. The molecule has 2 rings (SSSR count). The molecule has 1 aliphatic heterocycles. The molecule has 1 atom stereocenters. The second-order valence-corrected chi connectivity index (χ2v) is 6.13. The molecule has 0 aliphatic carbocycles. The molecule has 16 heavy (non-hydrogen) atoms. The zero-order valence-electron chi connectivity index (χ0n) is 10.1. The lowest BCUT2D eigenvalue weighted by Crippen LogP contribution is -2.27. The van der Waals surface area contributed by atoms with E-state index in [-0.39, 0.29) is 0 Å². The highest BCUT2D eigenvalue weighted by Gasteiger charge is 2.18. The second kappa shape index (κ2) is 5.69. The van der Waals surface area contributed by atoms with Gasteiger partial charge in [-0.1, -0.05) is 26.3 Å². The van der Waals surface area contributed by atoms with E-state index in [2.05, 4.69) is 36.3 Å². The summed E-state index contributed by atoms with van der Waals surface area (Å²) in [4.78, 5) is 4.52. The maximum Gasteiger partial charge on any atom is 0.101 e. The molecule has 1 N–H and O–H groups in total. The number of piperidine rings is 1. The molecule has 3 heteroatoms. The van der Waals surface area contributed by atoms with Crippen molar-refractivity contribution in [1.82, 2.24) is 10.3 Å². The van der Waals surface area contributed by atoms with E-state index in [1.54, 1.807) is 0 Å². The standard InChI is InChI=1S/C13H20N2S/c1-10(2)16-13-11(6-5-9-15-13)12-7-3-4-8-14-12/h5-6,9-10,12,14H,3-4,7-8H2,1-2H3. The van der Waals surface area contributed by atoms with Crippen molar-refractivity contribution in [1.29, 1.82) is 0 Å². The van der Waals surface area contributed by atoms with Crippen LogP contribution >= 0.6 is 11.8 Å². The molecule has 2 nitrogen and oxygen atoms in total. The highest BCUT2D eigenvalue weighted by atomic mass is 32.2. The molecular weight excluding hydrogens is 216 g/mol. The maximum absolute atomic E-state index is 4.52. The van der Waals surface area contributed by atoms with Gasteiger partial charge in [-0.3, -0.25) is 0 Å². The van der Waals surface area contributed by atoms with Gasteiger partial charge in [0.25, 0.3) is 0 Å². The Bertz CT molecular complexity index is 332. The molecule has 0 bridgehead atoms. The normalized spacial score (nSPS) is 21.3. The van der Waals surface area contributed by atoms with Crippen LogP contribution < -0.4 is 5.32 Å². The fraction of sp³-hybridized carbons (Fsp3) is 0.615. The Morgan fingerprint density at radius 3 is 3.00 bits per heavy atom. The average molecular weight is 236 g/mol. The zero-order valence-corrected chi connectivity index (χ0v) is 10.9. The number of nitrogens with one attached hydrogen (secondary N) is 1. The van der Waals surface area contributed by atoms with E-state index in [1.165, 1.54) is 29.9 Å². The topological polar surface area (TPSA) is 24.9 Å². The van der Waals surface area contributed by atoms with Crippen molar-refractivity contribution in [2.45, 2.75) is 49.4 Å². The number of hydrogen-bond acceptors (Lipinski definition) is 3. The zero-order chi connectivity index (χ0) is 11.4. The first-order valence-corrected chi connectivity index (χ1v) is 7.00. The summed E-state index contributed by atoms with van der Waals surface area (Å²) in [5, 5.41) is 5.40. The van der Waals surface area contributed by atoms with E-state index in [0.29, 0.717) is 11.3 Å². The Labute approximate surface area is 102 Å². The summed E-state index contributed by atoms with van der Waals surface area (Å²) >= 11 is 1.87. The number of rotatable bonds is 3. The van der Waals surface area contributed by atoms with Crippen molar-refractivity contribution in [2.75, 3.05) is 6.54 Å². The molecule has 2 heterocycles. The molecule has 0 saturated carbocycles. The fourth-order valence-corrected chi connectivity index (χ4v) is 3.02. The molecule has 88 valence electrons. The molecule has 1 fully saturated rings. The molecule has 0 spiro atoms. The average Bonchev–Trinajstić information content (AvgIpc) is 2.30. The van der Waals surface area contributed by atoms with Gasteiger partial charge in [-0.15, -0.1) is 11.8 Å². The highest BCUT2D eigenvalue weighted by Crippen LogP contribution is 2.31. The van der Waals surface area contributed by atoms with Gasteiger partial charge >= 0.3 is 0 Å². The van der Waals surface area contributed by atoms with E-state index in [0.717, 1.165) is 6.54 Å². The SMILES string of the molecule is CC(C)Sc1ncccc1C1CCCCN1. The lowest BCUT2D eigenvalue weighted by atomic mass is 9.99. The third-order valence-electron chi connectivity index (χ3n) is 2.83. The van der Waals surface area contributed by atoms with Crippen LogP contribution in [0.1, 0.15) is 44.7 Å². The van der Waals surface area contributed by atoms with Crippen LogP contribution in [0.4, 0.5) is 0 Å². The van der Waals surface area contributed by atoms with Crippen LogP contribution in [-0.4, -0.2) is 16.8 Å². The van der Waals surface area contributed by atoms with Gasteiger partial charge in [0.15, 0.2) is 0 Å². The van der Waals surface area contributed by atoms with Crippen LogP contribution in [0.5, 0.6) is 0 Å². The number of hydrogen-bond donors (Lipinski definition) is 1. The van der Waals surface area contributed by atoms with Gasteiger partial charge in [0.2, 0.25) is 0 Å². The minimum absolute atomic E-state index is 0.517. The molecule has 0 amide bonds. The van der Waals surface area contributed by atoms with E-state index in [9.17, 15) is 0 Å². The summed E-state index contributed by atoms with van der Waals surface area (Å²) in [6.07, 6.45) is 5.79. The summed E-state index contributed by atoms with van der Waals surface area (Å²) in [6.45, 7) is 5.58. The van der Waals surface area contributed by atoms with Crippen LogP contribution in [0.15, 0.2) is 23.4 Å². The molecule has 0 aromatic carbocycles. The summed E-state index contributed by atoms with van der Waals surface area (Å²) in [7, 11) is 0. The van der Waals surface area contributed by atoms with E-state index < -0.39 is 0 Å². The van der Waals surface area contributed by atoms with Crippen LogP contribution in [-0.2, 0) is 0 Å². The van der Waals surface area contributed by atoms with Gasteiger partial charge in [0.1, 0.15) is 5.03 Å². The minimum atomic E-state index is 0.517. The molecule has 1 unspecified atom stereocenters. The summed E-state index contributed by atoms with van der Waals surface area (Å²) < 4.78 is 0. The van der Waals surface area contributed by atoms with Crippen LogP contribution in [0.25, 0.3) is 0 Å². The first kappa shape index (κ1) is 11.9. The van der Waals surface area contributed by atoms with Crippen molar-refractivity contribution in [3.63, 3.8) is 0 Å². The Morgan fingerprint density at radius 1 is 1.44 bits per heavy atom. The molecule has 0 radical (unpaired) electrons. The largest absolute Gasteiger partial charge is 0.310 e. The number of aromatic nitrogens is 1. The van der Waals surface area contributed by atoms with Gasteiger partial charge in [-0.25, -0.2) is 4.98 Å². The molecular formula is C13H20N2S. The predicted octanol–water partition coefficient (Wildman–Crippen LogP) is 3.40. The van der Waals surface area contributed by atoms with Gasteiger partial charge in [0.05, 0.1) is 0 Å². The monoisotopic (exact) mass is 236 g/mol. The lowest BCUT2D eigenvalue weighted by Gasteiger charge is -2.25. The van der Waals surface area contributed by atoms with Crippen molar-refractivity contribution in [3.8, 4) is 0 Å². The molecule has 1 aromatic heterocycles. The third kappa shape index (κ3) is 2.98. The first-order valence-electron chi connectivity index (χ1n) is 6.12. The summed E-state index contributed by atoms with van der Waals surface area (Å²) in [5.74, 6) is 0. The van der Waals surface area contributed by atoms with E-state index in [4.69, 9.17) is 0 Å². The van der Waals surface area contributed by atoms with Crippen molar-refractivity contribution >= 4 is 11.8 Å². The maximum atomic E-state index is 4.52. The number of pyridine rings is 1. The van der Waals surface area contributed by atoms with Crippen molar-refractivity contribution in [3.05, 3.63) is 23.9 Å². The molecule has 1 aromatic rings. The van der Waals surface area contributed by atoms with E-state index >= 15 is 0 Å². The van der Waals surface area contributed by atoms with Crippen molar-refractivity contribution < 1.29 is 0 Å². The summed E-state index contributed by atoms with van der Waals surface area (Å²) in [6, 6.07) is 4.79. The fourth-order valence-electron chi connectivity index (χ4n) is 2.11. The van der Waals surface area contributed by atoms with Gasteiger partial charge < -0.3 is 5.32 Å². The third-order valence-corrected chi connectivity index (χ3v) is 3.87. The number of thioether (sulfide) groups is 1. The van der Waals surface area contributed by atoms with Crippen LogP contribution in [0, 0.1) is 0 Å². The Morgan fingerprint density at radius 2 is 2.31 bits per heavy atom. The molecule has 1 aliphatic rings. The minimum Gasteiger partial charge on any atom is -0.310 e. The van der Waals surface area contributed by atoms with Gasteiger partial charge in [-0.2, -0.15) is 0 Å². The lowest BCUT2D eigenvalue weighted by molar-refractivity contribution is 0.406. The predicted molar refractivity (Wildman–Crippen MR) is 69.8 cm³/mol. The smallest absolute Gasteiger partial charge is 0.101 e.